The highest BCUT2D eigenvalue weighted by molar-refractivity contribution is 5.38. The zero-order valence-corrected chi connectivity index (χ0v) is 13.0. The van der Waals surface area contributed by atoms with E-state index in [4.69, 9.17) is 4.74 Å². The molecule has 0 aromatic heterocycles. The summed E-state index contributed by atoms with van der Waals surface area (Å²) in [7, 11) is 0. The number of aryl methyl sites for hydroxylation is 2. The van der Waals surface area contributed by atoms with E-state index >= 15 is 0 Å². The van der Waals surface area contributed by atoms with E-state index in [1.165, 1.54) is 11.1 Å². The summed E-state index contributed by atoms with van der Waals surface area (Å²) in [5.74, 6) is 1.01. The summed E-state index contributed by atoms with van der Waals surface area (Å²) in [6, 6.07) is 16.1. The fourth-order valence-electron chi connectivity index (χ4n) is 2.89. The minimum absolute atomic E-state index is 0.179. The maximum Gasteiger partial charge on any atom is 0.122 e. The van der Waals surface area contributed by atoms with Crippen LogP contribution in [0.4, 0.5) is 0 Å². The van der Waals surface area contributed by atoms with E-state index in [1.54, 1.807) is 0 Å². The molecule has 2 atom stereocenters. The fraction of sp³-hybridized carbons (Fsp3) is 0.368. The molecule has 0 fully saturated rings. The minimum atomic E-state index is -0.472. The Labute approximate surface area is 131 Å². The molecule has 1 heterocycles. The summed E-state index contributed by atoms with van der Waals surface area (Å²) in [4.78, 5) is 0. The fourth-order valence-corrected chi connectivity index (χ4v) is 2.89. The molecule has 0 amide bonds. The largest absolute Gasteiger partial charge is 0.489 e. The first-order valence-electron chi connectivity index (χ1n) is 7.92. The lowest BCUT2D eigenvalue weighted by molar-refractivity contribution is 0.146. The van der Waals surface area contributed by atoms with E-state index in [0.29, 0.717) is 6.54 Å². The summed E-state index contributed by atoms with van der Waals surface area (Å²) in [5.41, 5.74) is 3.53. The highest BCUT2D eigenvalue weighted by atomic mass is 16.5. The maximum atomic E-state index is 10.1. The molecule has 1 aliphatic rings. The first-order valence-corrected chi connectivity index (χ1v) is 7.92. The van der Waals surface area contributed by atoms with E-state index in [9.17, 15) is 5.11 Å². The highest BCUT2D eigenvalue weighted by Gasteiger charge is 2.19. The molecule has 2 aromatic rings. The number of fused-ring (bicyclic) bond motifs is 1. The third-order valence-electron chi connectivity index (χ3n) is 4.14. The van der Waals surface area contributed by atoms with E-state index in [0.717, 1.165) is 30.7 Å². The second kappa shape index (κ2) is 6.95. The summed E-state index contributed by atoms with van der Waals surface area (Å²) in [5, 5.41) is 13.5. The van der Waals surface area contributed by atoms with Crippen LogP contribution in [0.5, 0.6) is 5.75 Å². The van der Waals surface area contributed by atoms with Crippen molar-refractivity contribution in [3.05, 3.63) is 65.2 Å². The summed E-state index contributed by atoms with van der Waals surface area (Å²) >= 11 is 0. The summed E-state index contributed by atoms with van der Waals surface area (Å²) in [6.07, 6.45) is 1.79. The van der Waals surface area contributed by atoms with Gasteiger partial charge in [-0.3, -0.25) is 0 Å². The first-order chi connectivity index (χ1) is 10.7. The summed E-state index contributed by atoms with van der Waals surface area (Å²) < 4.78 is 6.03. The van der Waals surface area contributed by atoms with Crippen LogP contribution in [0.25, 0.3) is 0 Å². The molecule has 22 heavy (non-hydrogen) atoms. The minimum Gasteiger partial charge on any atom is -0.489 e. The van der Waals surface area contributed by atoms with Crippen LogP contribution in [0.3, 0.4) is 0 Å². The molecule has 0 spiro atoms. The normalized spacial score (nSPS) is 18.4. The lowest BCUT2D eigenvalue weighted by Crippen LogP contribution is -2.36. The second-order valence-corrected chi connectivity index (χ2v) is 5.97. The monoisotopic (exact) mass is 297 g/mol. The molecular formula is C19H23NO2. The van der Waals surface area contributed by atoms with Crippen molar-refractivity contribution in [2.24, 2.45) is 0 Å². The topological polar surface area (TPSA) is 41.5 Å². The molecule has 116 valence electrons. The van der Waals surface area contributed by atoms with Gasteiger partial charge >= 0.3 is 0 Å². The number of aliphatic hydroxyl groups is 1. The van der Waals surface area contributed by atoms with Crippen molar-refractivity contribution in [3.63, 3.8) is 0 Å². The van der Waals surface area contributed by atoms with Crippen molar-refractivity contribution in [1.29, 1.82) is 0 Å². The summed E-state index contributed by atoms with van der Waals surface area (Å²) in [6.45, 7) is 3.42. The Hall–Kier alpha value is -1.84. The molecule has 2 aromatic carbocycles. The van der Waals surface area contributed by atoms with E-state index in [2.05, 4.69) is 30.4 Å². The Morgan fingerprint density at radius 2 is 2.05 bits per heavy atom. The molecule has 0 saturated heterocycles. The van der Waals surface area contributed by atoms with Gasteiger partial charge in [0.25, 0.3) is 0 Å². The van der Waals surface area contributed by atoms with Gasteiger partial charge in [-0.05, 0) is 37.0 Å². The molecular weight excluding hydrogens is 274 g/mol. The number of aliphatic hydroxyl groups excluding tert-OH is 1. The van der Waals surface area contributed by atoms with Gasteiger partial charge < -0.3 is 15.2 Å². The number of hydrogen-bond donors (Lipinski definition) is 2. The Bertz CT molecular complexity index is 612. The molecule has 2 unspecified atom stereocenters. The van der Waals surface area contributed by atoms with Gasteiger partial charge in [-0.1, -0.05) is 48.0 Å². The lowest BCUT2D eigenvalue weighted by atomic mass is 10.0. The van der Waals surface area contributed by atoms with Crippen LogP contribution in [0, 0.1) is 6.92 Å². The van der Waals surface area contributed by atoms with Gasteiger partial charge in [0.2, 0.25) is 0 Å². The Morgan fingerprint density at radius 3 is 2.86 bits per heavy atom. The third kappa shape index (κ3) is 3.67. The molecule has 3 nitrogen and oxygen atoms in total. The Balaban J connectivity index is 1.48. The van der Waals surface area contributed by atoms with Crippen LogP contribution >= 0.6 is 0 Å². The zero-order valence-electron chi connectivity index (χ0n) is 13.0. The average molecular weight is 297 g/mol. The van der Waals surface area contributed by atoms with Crippen LogP contribution in [0.1, 0.15) is 29.2 Å². The first kappa shape index (κ1) is 15.1. The zero-order chi connectivity index (χ0) is 15.4. The van der Waals surface area contributed by atoms with Gasteiger partial charge in [0.05, 0.1) is 6.10 Å². The van der Waals surface area contributed by atoms with Gasteiger partial charge in [0, 0.05) is 13.1 Å². The third-order valence-corrected chi connectivity index (χ3v) is 4.14. The quantitative estimate of drug-likeness (QED) is 0.891. The average Bonchev–Trinajstić information content (AvgIpc) is 2.55. The van der Waals surface area contributed by atoms with Crippen LogP contribution in [0.2, 0.25) is 0 Å². The van der Waals surface area contributed by atoms with Crippen molar-refractivity contribution >= 4 is 0 Å². The van der Waals surface area contributed by atoms with E-state index < -0.39 is 6.10 Å². The molecule has 0 radical (unpaired) electrons. The van der Waals surface area contributed by atoms with Crippen molar-refractivity contribution in [2.45, 2.75) is 32.0 Å². The lowest BCUT2D eigenvalue weighted by Gasteiger charge is -2.27. The Kier molecular flexibility index (Phi) is 4.76. The predicted molar refractivity (Wildman–Crippen MR) is 88.2 cm³/mol. The predicted octanol–water partition coefficient (Wildman–Crippen LogP) is 3.01. The van der Waals surface area contributed by atoms with Gasteiger partial charge in [0.15, 0.2) is 0 Å². The van der Waals surface area contributed by atoms with Crippen molar-refractivity contribution < 1.29 is 9.84 Å². The van der Waals surface area contributed by atoms with Crippen molar-refractivity contribution in [3.8, 4) is 5.75 Å². The van der Waals surface area contributed by atoms with Gasteiger partial charge in [-0.15, -0.1) is 0 Å². The number of benzene rings is 2. The van der Waals surface area contributed by atoms with Crippen LogP contribution < -0.4 is 10.1 Å². The Morgan fingerprint density at radius 1 is 1.23 bits per heavy atom. The van der Waals surface area contributed by atoms with Crippen LogP contribution in [-0.2, 0) is 6.42 Å². The number of nitrogens with one attached hydrogen (secondary N) is 1. The van der Waals surface area contributed by atoms with Crippen molar-refractivity contribution in [2.75, 3.05) is 13.1 Å². The molecule has 0 aliphatic carbocycles. The SMILES string of the molecule is Cc1ccc2c(c1)CCC(CNCC(O)c1ccccc1)O2. The molecule has 2 N–H and O–H groups in total. The standard InChI is InChI=1S/C19H23NO2/c1-14-7-10-19-16(11-14)8-9-17(22-19)12-20-13-18(21)15-5-3-2-4-6-15/h2-7,10-11,17-18,20-21H,8-9,12-13H2,1H3. The van der Waals surface area contributed by atoms with Gasteiger partial charge in [-0.25, -0.2) is 0 Å². The molecule has 0 bridgehead atoms. The van der Waals surface area contributed by atoms with Crippen LogP contribution in [0.15, 0.2) is 48.5 Å². The number of hydrogen-bond acceptors (Lipinski definition) is 3. The molecule has 1 aliphatic heterocycles. The van der Waals surface area contributed by atoms with E-state index in [-0.39, 0.29) is 6.10 Å². The van der Waals surface area contributed by atoms with Gasteiger partial charge in [0.1, 0.15) is 11.9 Å². The van der Waals surface area contributed by atoms with Gasteiger partial charge in [-0.2, -0.15) is 0 Å². The smallest absolute Gasteiger partial charge is 0.122 e. The molecule has 0 saturated carbocycles. The van der Waals surface area contributed by atoms with E-state index in [1.807, 2.05) is 30.3 Å². The second-order valence-electron chi connectivity index (χ2n) is 5.97. The van der Waals surface area contributed by atoms with Crippen LogP contribution in [-0.4, -0.2) is 24.3 Å². The highest BCUT2D eigenvalue weighted by Crippen LogP contribution is 2.28. The van der Waals surface area contributed by atoms with Crippen molar-refractivity contribution in [1.82, 2.24) is 5.32 Å². The maximum absolute atomic E-state index is 10.1. The molecule has 3 heteroatoms. The number of ether oxygens (including phenoxy) is 1. The molecule has 3 rings (SSSR count). The number of rotatable bonds is 5.